The molecule has 0 bridgehead atoms. The molecule has 15 heteroatoms. The third-order valence-electron chi connectivity index (χ3n) is 8.32. The molecule has 2 N–H and O–H groups in total. The first-order valence-electron chi connectivity index (χ1n) is 14.5. The van der Waals surface area contributed by atoms with Gasteiger partial charge in [-0.2, -0.15) is 4.99 Å². The number of nitrogens with one attached hydrogen (secondary N) is 2. The van der Waals surface area contributed by atoms with Crippen LogP contribution >= 0.6 is 23.2 Å². The molecule has 0 aliphatic carbocycles. The molecule has 0 radical (unpaired) electrons. The van der Waals surface area contributed by atoms with Crippen molar-refractivity contribution >= 4 is 59.4 Å². The van der Waals surface area contributed by atoms with E-state index >= 15 is 0 Å². The number of carbonyl (C=O) groups excluding carboxylic acids is 3. The van der Waals surface area contributed by atoms with Gasteiger partial charge in [0.1, 0.15) is 27.4 Å². The zero-order chi connectivity index (χ0) is 33.0. The number of likely N-dealkylation sites (tertiary alicyclic amines) is 2. The Labute approximate surface area is 273 Å². The molecular weight excluding hydrogens is 623 g/mol. The largest absolute Gasteiger partial charge is 0.495 e. The molecule has 2 fully saturated rings. The molecule has 0 aromatic heterocycles. The van der Waals surface area contributed by atoms with Gasteiger partial charge in [-0.3, -0.25) is 19.4 Å². The predicted octanol–water partition coefficient (Wildman–Crippen LogP) is 2.98. The molecule has 2 unspecified atom stereocenters. The number of halogens is 2. The number of rotatable bonds is 8. The van der Waals surface area contributed by atoms with E-state index in [1.165, 1.54) is 30.1 Å². The maximum absolute atomic E-state index is 13.7. The number of benzene rings is 1. The number of ether oxygens (including phenoxy) is 2. The van der Waals surface area contributed by atoms with Crippen molar-refractivity contribution in [2.75, 3.05) is 65.9 Å². The summed E-state index contributed by atoms with van der Waals surface area (Å²) in [6, 6.07) is 0.251. The molecule has 0 spiro atoms. The molecular formula is C30H40Cl2N8O5. The minimum Gasteiger partial charge on any atom is -0.495 e. The molecule has 3 aliphatic rings. The van der Waals surface area contributed by atoms with Crippen molar-refractivity contribution in [3.63, 3.8) is 0 Å². The average Bonchev–Trinajstić information content (AvgIpc) is 3.42. The van der Waals surface area contributed by atoms with Gasteiger partial charge in [-0.25, -0.2) is 9.79 Å². The molecule has 4 rings (SSSR count). The fourth-order valence-electron chi connectivity index (χ4n) is 5.80. The summed E-state index contributed by atoms with van der Waals surface area (Å²) in [5.41, 5.74) is 0.950. The van der Waals surface area contributed by atoms with Crippen molar-refractivity contribution in [1.82, 2.24) is 25.3 Å². The summed E-state index contributed by atoms with van der Waals surface area (Å²) in [5, 5.41) is 6.48. The first-order chi connectivity index (χ1) is 21.4. The number of piperidine rings is 1. The molecule has 1 aromatic carbocycles. The maximum atomic E-state index is 13.7. The zero-order valence-corrected chi connectivity index (χ0v) is 27.7. The molecule has 4 amide bonds. The number of nitrogens with zero attached hydrogens (tertiary/aromatic N) is 6. The van der Waals surface area contributed by atoms with E-state index in [1.54, 1.807) is 18.0 Å². The number of guanidine groups is 1. The Morgan fingerprint density at radius 2 is 1.62 bits per heavy atom. The predicted molar refractivity (Wildman–Crippen MR) is 176 cm³/mol. The van der Waals surface area contributed by atoms with Gasteiger partial charge >= 0.3 is 6.03 Å². The van der Waals surface area contributed by atoms with Gasteiger partial charge in [0.05, 0.1) is 38.5 Å². The van der Waals surface area contributed by atoms with Crippen LogP contribution in [0.2, 0.25) is 10.0 Å². The topological polar surface area (TPSA) is 131 Å². The van der Waals surface area contributed by atoms with Crippen LogP contribution in [0.15, 0.2) is 40.1 Å². The van der Waals surface area contributed by atoms with Crippen molar-refractivity contribution < 1.29 is 23.9 Å². The first kappa shape index (κ1) is 34.1. The van der Waals surface area contributed by atoms with E-state index in [0.717, 1.165) is 25.9 Å². The Morgan fingerprint density at radius 1 is 1.04 bits per heavy atom. The van der Waals surface area contributed by atoms with E-state index < -0.39 is 18.1 Å². The van der Waals surface area contributed by atoms with Gasteiger partial charge in [-0.15, -0.1) is 0 Å². The van der Waals surface area contributed by atoms with Crippen molar-refractivity contribution in [3.05, 3.63) is 40.2 Å². The third-order valence-corrected chi connectivity index (χ3v) is 9.05. The lowest BCUT2D eigenvalue weighted by Crippen LogP contribution is -2.51. The van der Waals surface area contributed by atoms with Crippen molar-refractivity contribution in [3.8, 4) is 11.5 Å². The van der Waals surface area contributed by atoms with E-state index in [-0.39, 0.29) is 46.0 Å². The van der Waals surface area contributed by atoms with Crippen LogP contribution in [-0.2, 0) is 9.59 Å². The Balaban J connectivity index is 1.59. The number of methoxy groups -OCH3 is 2. The summed E-state index contributed by atoms with van der Waals surface area (Å²) < 4.78 is 10.7. The molecule has 2 saturated heterocycles. The van der Waals surface area contributed by atoms with Crippen LogP contribution in [0.1, 0.15) is 19.8 Å². The van der Waals surface area contributed by atoms with E-state index in [4.69, 9.17) is 32.7 Å². The van der Waals surface area contributed by atoms with E-state index in [9.17, 15) is 14.4 Å². The molecule has 3 aliphatic heterocycles. The zero-order valence-electron chi connectivity index (χ0n) is 26.2. The molecule has 13 nitrogen and oxygen atoms in total. The summed E-state index contributed by atoms with van der Waals surface area (Å²) in [6.07, 6.45) is 2.77. The van der Waals surface area contributed by atoms with Gasteiger partial charge in [-0.1, -0.05) is 29.8 Å². The number of hydrogen-bond donors (Lipinski definition) is 2. The van der Waals surface area contributed by atoms with Gasteiger partial charge in [0, 0.05) is 32.1 Å². The summed E-state index contributed by atoms with van der Waals surface area (Å²) in [7, 11) is 6.53. The van der Waals surface area contributed by atoms with Crippen LogP contribution < -0.4 is 25.0 Å². The van der Waals surface area contributed by atoms with Gasteiger partial charge in [0.2, 0.25) is 17.8 Å². The lowest BCUT2D eigenvalue weighted by Gasteiger charge is -2.35. The number of amides is 4. The molecule has 244 valence electrons. The number of carbonyl (C=O) groups is 3. The van der Waals surface area contributed by atoms with Crippen LogP contribution in [0, 0.1) is 5.92 Å². The Kier molecular flexibility index (Phi) is 11.0. The fourth-order valence-corrected chi connectivity index (χ4v) is 6.50. The molecule has 0 saturated carbocycles. The second-order valence-corrected chi connectivity index (χ2v) is 12.0. The van der Waals surface area contributed by atoms with Crippen LogP contribution in [0.5, 0.6) is 11.5 Å². The van der Waals surface area contributed by atoms with Crippen molar-refractivity contribution in [1.29, 1.82) is 0 Å². The minimum atomic E-state index is -0.450. The van der Waals surface area contributed by atoms with Crippen LogP contribution in [-0.4, -0.2) is 118 Å². The fraction of sp³-hybridized carbons (Fsp3) is 0.500. The van der Waals surface area contributed by atoms with Crippen LogP contribution in [0.25, 0.3) is 0 Å². The Morgan fingerprint density at radius 3 is 2.16 bits per heavy atom. The lowest BCUT2D eigenvalue weighted by molar-refractivity contribution is -0.136. The Hall–Kier alpha value is -3.81. The summed E-state index contributed by atoms with van der Waals surface area (Å²) >= 11 is 13.2. The van der Waals surface area contributed by atoms with Gasteiger partial charge in [-0.05, 0) is 58.3 Å². The van der Waals surface area contributed by atoms with Gasteiger partial charge in [0.25, 0.3) is 0 Å². The highest BCUT2D eigenvalue weighted by molar-refractivity contribution is 6.41. The highest BCUT2D eigenvalue weighted by Gasteiger charge is 2.40. The molecule has 2 atom stereocenters. The standard InChI is InChI=1S/C30H40Cl2N8O5/c1-8-23(41)34-19-15-39(28(42)18-9-11-37(4)12-10-18)16-20(19)35-29(33-3)36-27-17(2)14-40(30(43)38(27)5)26-24(31)21(44-6)13-22(45-7)25(26)32/h8,13,18-20H,1,3,9-12,14-16H2,2,4-7H3,(H,34,41)(H,35,36). The van der Waals surface area contributed by atoms with Gasteiger partial charge in [0.15, 0.2) is 0 Å². The molecule has 1 aromatic rings. The normalized spacial score (nSPS) is 21.6. The van der Waals surface area contributed by atoms with Crippen LogP contribution in [0.3, 0.4) is 0 Å². The highest BCUT2D eigenvalue weighted by atomic mass is 35.5. The second kappa shape index (κ2) is 14.5. The van der Waals surface area contributed by atoms with Gasteiger partial charge < -0.3 is 29.9 Å². The number of hydrogen-bond acceptors (Lipinski definition) is 7. The van der Waals surface area contributed by atoms with E-state index in [1.807, 2.05) is 14.0 Å². The SMILES string of the molecule is C=CC(=O)NC1CN(C(=O)C2CCN(C)CC2)CC1N/C(N=C)=N/C1=C(C)CN(c2c(Cl)c(OC)cc(OC)c2Cl)C(=O)N1C. The average molecular weight is 664 g/mol. The number of urea groups is 1. The second-order valence-electron chi connectivity index (χ2n) is 11.3. The summed E-state index contributed by atoms with van der Waals surface area (Å²) in [6.45, 7) is 11.5. The Bertz CT molecular complexity index is 1400. The maximum Gasteiger partial charge on any atom is 0.330 e. The van der Waals surface area contributed by atoms with Crippen molar-refractivity contribution in [2.24, 2.45) is 15.9 Å². The monoisotopic (exact) mass is 662 g/mol. The van der Waals surface area contributed by atoms with E-state index in [0.29, 0.717) is 36.0 Å². The smallest absolute Gasteiger partial charge is 0.330 e. The first-order valence-corrected chi connectivity index (χ1v) is 15.3. The lowest BCUT2D eigenvalue weighted by atomic mass is 9.96. The third kappa shape index (κ3) is 7.21. The summed E-state index contributed by atoms with van der Waals surface area (Å²) in [4.78, 5) is 54.8. The molecule has 45 heavy (non-hydrogen) atoms. The van der Waals surface area contributed by atoms with E-state index in [2.05, 4.69) is 38.8 Å². The minimum absolute atomic E-state index is 0.0643. The number of anilines is 1. The summed E-state index contributed by atoms with van der Waals surface area (Å²) in [5.74, 6) is 0.727. The number of aliphatic imine (C=N–C) groups is 2. The quantitative estimate of drug-likeness (QED) is 0.249. The van der Waals surface area contributed by atoms with Crippen LogP contribution in [0.4, 0.5) is 10.5 Å². The highest BCUT2D eigenvalue weighted by Crippen LogP contribution is 2.47. The molecule has 3 heterocycles. The van der Waals surface area contributed by atoms with Crippen molar-refractivity contribution in [2.45, 2.75) is 31.8 Å².